The number of rotatable bonds is 6. The topological polar surface area (TPSA) is 56.7 Å². The predicted octanol–water partition coefficient (Wildman–Crippen LogP) is 4.04. The maximum Gasteiger partial charge on any atom is 0.123 e. The molecule has 0 N–H and O–H groups in total. The molecule has 0 unspecified atom stereocenters. The summed E-state index contributed by atoms with van der Waals surface area (Å²) >= 11 is 0. The first kappa shape index (κ1) is 20.3. The largest absolute Gasteiger partial charge is 0.497 e. The summed E-state index contributed by atoms with van der Waals surface area (Å²) in [7, 11) is 3.38. The van der Waals surface area contributed by atoms with Crippen LogP contribution in [-0.4, -0.2) is 48.8 Å². The SMILES string of the molecule is COc1ccc(-c2cncc([C@H]3CN(Cc4ccc(C)cc4OC)CCO3)n2)cc1. The van der Waals surface area contributed by atoms with Gasteiger partial charge in [-0.25, -0.2) is 4.98 Å². The fourth-order valence-electron chi connectivity index (χ4n) is 3.69. The summed E-state index contributed by atoms with van der Waals surface area (Å²) in [5.41, 5.74) is 5.06. The van der Waals surface area contributed by atoms with Crippen LogP contribution in [0.1, 0.15) is 22.9 Å². The van der Waals surface area contributed by atoms with Crippen molar-refractivity contribution < 1.29 is 14.2 Å². The van der Waals surface area contributed by atoms with Crippen molar-refractivity contribution in [3.05, 3.63) is 71.7 Å². The lowest BCUT2D eigenvalue weighted by molar-refractivity contribution is -0.0352. The van der Waals surface area contributed by atoms with Gasteiger partial charge in [-0.15, -0.1) is 0 Å². The Kier molecular flexibility index (Phi) is 6.26. The second kappa shape index (κ2) is 9.24. The van der Waals surface area contributed by atoms with Crippen molar-refractivity contribution in [2.75, 3.05) is 33.9 Å². The van der Waals surface area contributed by atoms with E-state index in [-0.39, 0.29) is 6.10 Å². The Morgan fingerprint density at radius 1 is 1.07 bits per heavy atom. The van der Waals surface area contributed by atoms with E-state index in [2.05, 4.69) is 35.0 Å². The maximum atomic E-state index is 6.04. The highest BCUT2D eigenvalue weighted by Gasteiger charge is 2.24. The Labute approximate surface area is 177 Å². The van der Waals surface area contributed by atoms with Crippen LogP contribution in [0.3, 0.4) is 0 Å². The molecular formula is C24H27N3O3. The van der Waals surface area contributed by atoms with Gasteiger partial charge < -0.3 is 14.2 Å². The number of hydrogen-bond acceptors (Lipinski definition) is 6. The van der Waals surface area contributed by atoms with Gasteiger partial charge in [-0.05, 0) is 42.8 Å². The van der Waals surface area contributed by atoms with E-state index in [4.69, 9.17) is 19.2 Å². The monoisotopic (exact) mass is 405 g/mol. The summed E-state index contributed by atoms with van der Waals surface area (Å²) < 4.78 is 16.8. The highest BCUT2D eigenvalue weighted by atomic mass is 16.5. The molecule has 0 aliphatic carbocycles. The van der Waals surface area contributed by atoms with Gasteiger partial charge in [-0.2, -0.15) is 0 Å². The third kappa shape index (κ3) is 4.61. The normalized spacial score (nSPS) is 17.0. The first-order chi connectivity index (χ1) is 14.7. The summed E-state index contributed by atoms with van der Waals surface area (Å²) in [4.78, 5) is 11.6. The van der Waals surface area contributed by atoms with Crippen LogP contribution in [0.5, 0.6) is 11.5 Å². The zero-order chi connectivity index (χ0) is 20.9. The minimum atomic E-state index is -0.110. The molecule has 1 fully saturated rings. The highest BCUT2D eigenvalue weighted by Crippen LogP contribution is 2.27. The maximum absolute atomic E-state index is 6.04. The van der Waals surface area contributed by atoms with Crippen molar-refractivity contribution in [2.45, 2.75) is 19.6 Å². The van der Waals surface area contributed by atoms with E-state index in [9.17, 15) is 0 Å². The fourth-order valence-corrected chi connectivity index (χ4v) is 3.69. The van der Waals surface area contributed by atoms with E-state index in [1.165, 1.54) is 11.1 Å². The molecule has 4 rings (SSSR count). The molecule has 1 saturated heterocycles. The molecule has 3 aromatic rings. The van der Waals surface area contributed by atoms with E-state index < -0.39 is 0 Å². The van der Waals surface area contributed by atoms with Crippen LogP contribution >= 0.6 is 0 Å². The number of benzene rings is 2. The highest BCUT2D eigenvalue weighted by molar-refractivity contribution is 5.59. The average molecular weight is 405 g/mol. The Morgan fingerprint density at radius 3 is 2.67 bits per heavy atom. The Bertz CT molecular complexity index is 991. The van der Waals surface area contributed by atoms with E-state index >= 15 is 0 Å². The average Bonchev–Trinajstić information content (AvgIpc) is 2.80. The number of aromatic nitrogens is 2. The second-order valence-corrected chi connectivity index (χ2v) is 7.47. The smallest absolute Gasteiger partial charge is 0.123 e. The summed E-state index contributed by atoms with van der Waals surface area (Å²) in [5.74, 6) is 1.75. The van der Waals surface area contributed by atoms with E-state index in [0.717, 1.165) is 48.1 Å². The van der Waals surface area contributed by atoms with Crippen LogP contribution in [0, 0.1) is 6.92 Å². The van der Waals surface area contributed by atoms with Gasteiger partial charge in [0.05, 0.1) is 44.6 Å². The molecule has 0 spiro atoms. The first-order valence-corrected chi connectivity index (χ1v) is 10.1. The van der Waals surface area contributed by atoms with E-state index in [0.29, 0.717) is 6.61 Å². The van der Waals surface area contributed by atoms with Crippen molar-refractivity contribution in [2.24, 2.45) is 0 Å². The molecule has 2 aromatic carbocycles. The minimum absolute atomic E-state index is 0.110. The molecule has 0 saturated carbocycles. The van der Waals surface area contributed by atoms with Crippen molar-refractivity contribution in [1.82, 2.24) is 14.9 Å². The number of morpholine rings is 1. The second-order valence-electron chi connectivity index (χ2n) is 7.47. The van der Waals surface area contributed by atoms with Crippen LogP contribution in [0.25, 0.3) is 11.3 Å². The number of methoxy groups -OCH3 is 2. The molecule has 1 aliphatic rings. The third-order valence-electron chi connectivity index (χ3n) is 5.36. The molecule has 1 atom stereocenters. The van der Waals surface area contributed by atoms with Gasteiger partial charge in [0.1, 0.15) is 17.6 Å². The molecule has 2 heterocycles. The number of ether oxygens (including phenoxy) is 3. The molecule has 0 radical (unpaired) electrons. The van der Waals surface area contributed by atoms with Gasteiger partial charge >= 0.3 is 0 Å². The summed E-state index contributed by atoms with van der Waals surface area (Å²) in [6.07, 6.45) is 3.47. The van der Waals surface area contributed by atoms with Gasteiger partial charge in [0.25, 0.3) is 0 Å². The van der Waals surface area contributed by atoms with Crippen LogP contribution in [0.15, 0.2) is 54.9 Å². The Hall–Kier alpha value is -2.96. The lowest BCUT2D eigenvalue weighted by Gasteiger charge is -2.33. The first-order valence-electron chi connectivity index (χ1n) is 10.1. The molecular weight excluding hydrogens is 378 g/mol. The van der Waals surface area contributed by atoms with E-state index in [1.807, 2.05) is 24.3 Å². The molecule has 1 aromatic heterocycles. The lowest BCUT2D eigenvalue weighted by Crippen LogP contribution is -2.38. The van der Waals surface area contributed by atoms with Crippen molar-refractivity contribution in [1.29, 1.82) is 0 Å². The zero-order valence-electron chi connectivity index (χ0n) is 17.7. The summed E-state index contributed by atoms with van der Waals surface area (Å²) in [5, 5.41) is 0. The van der Waals surface area contributed by atoms with Crippen molar-refractivity contribution in [3.63, 3.8) is 0 Å². The number of hydrogen-bond donors (Lipinski definition) is 0. The van der Waals surface area contributed by atoms with Gasteiger partial charge in [0.15, 0.2) is 0 Å². The van der Waals surface area contributed by atoms with Gasteiger partial charge in [-0.1, -0.05) is 12.1 Å². The van der Waals surface area contributed by atoms with Gasteiger partial charge in [0.2, 0.25) is 0 Å². The lowest BCUT2D eigenvalue weighted by atomic mass is 10.1. The fraction of sp³-hybridized carbons (Fsp3) is 0.333. The van der Waals surface area contributed by atoms with Crippen LogP contribution in [0.4, 0.5) is 0 Å². The molecule has 1 aliphatic heterocycles. The molecule has 0 bridgehead atoms. The molecule has 30 heavy (non-hydrogen) atoms. The van der Waals surface area contributed by atoms with Crippen molar-refractivity contribution in [3.8, 4) is 22.8 Å². The van der Waals surface area contributed by atoms with Gasteiger partial charge in [-0.3, -0.25) is 9.88 Å². The third-order valence-corrected chi connectivity index (χ3v) is 5.36. The molecule has 156 valence electrons. The number of aryl methyl sites for hydroxylation is 1. The minimum Gasteiger partial charge on any atom is -0.497 e. The summed E-state index contributed by atoms with van der Waals surface area (Å²) in [6, 6.07) is 14.2. The standard InChI is InChI=1S/C24H27N3O3/c1-17-4-5-19(23(12-17)29-3)15-27-10-11-30-24(16-27)22-14-25-13-21(26-22)18-6-8-20(28-2)9-7-18/h4-9,12-14,24H,10-11,15-16H2,1-3H3/t24-/m1/s1. The van der Waals surface area contributed by atoms with Crippen LogP contribution in [0.2, 0.25) is 0 Å². The van der Waals surface area contributed by atoms with E-state index in [1.54, 1.807) is 26.6 Å². The van der Waals surface area contributed by atoms with Gasteiger partial charge in [0, 0.05) is 30.8 Å². The predicted molar refractivity (Wildman–Crippen MR) is 116 cm³/mol. The van der Waals surface area contributed by atoms with Crippen LogP contribution in [-0.2, 0) is 11.3 Å². The molecule has 0 amide bonds. The van der Waals surface area contributed by atoms with Crippen molar-refractivity contribution >= 4 is 0 Å². The summed E-state index contributed by atoms with van der Waals surface area (Å²) in [6.45, 7) is 5.19. The Morgan fingerprint density at radius 2 is 1.90 bits per heavy atom. The van der Waals surface area contributed by atoms with Crippen LogP contribution < -0.4 is 9.47 Å². The zero-order valence-corrected chi connectivity index (χ0v) is 17.7. The number of nitrogens with zero attached hydrogens (tertiary/aromatic N) is 3. The quantitative estimate of drug-likeness (QED) is 0.617. The molecule has 6 nitrogen and oxygen atoms in total. The molecule has 6 heteroatoms. The Balaban J connectivity index is 1.49.